The van der Waals surface area contributed by atoms with Gasteiger partial charge in [-0.05, 0) is 49.8 Å². The van der Waals surface area contributed by atoms with E-state index in [0.717, 1.165) is 25.0 Å². The third-order valence-corrected chi connectivity index (χ3v) is 5.79. The second kappa shape index (κ2) is 8.30. The van der Waals surface area contributed by atoms with Gasteiger partial charge in [-0.2, -0.15) is 0 Å². The largest absolute Gasteiger partial charge is 0.496 e. The first-order valence-electron chi connectivity index (χ1n) is 9.83. The lowest BCUT2D eigenvalue weighted by atomic mass is 10.0. The van der Waals surface area contributed by atoms with E-state index in [1.54, 1.807) is 14.2 Å². The van der Waals surface area contributed by atoms with Crippen molar-refractivity contribution in [2.45, 2.75) is 51.7 Å². The molecule has 2 aliphatic rings. The number of hydrogen-bond donors (Lipinski definition) is 0. The fraction of sp³-hybridized carbons (Fsp3) is 0.619. The quantitative estimate of drug-likeness (QED) is 0.793. The van der Waals surface area contributed by atoms with Gasteiger partial charge in [0.15, 0.2) is 0 Å². The van der Waals surface area contributed by atoms with Gasteiger partial charge in [0.05, 0.1) is 12.7 Å². The number of methoxy groups -OCH3 is 2. The van der Waals surface area contributed by atoms with Crippen molar-refractivity contribution in [3.05, 3.63) is 28.8 Å². The molecular weight excluding hydrogens is 344 g/mol. The van der Waals surface area contributed by atoms with Gasteiger partial charge in [-0.3, -0.25) is 9.59 Å². The second-order valence-corrected chi connectivity index (χ2v) is 7.40. The second-order valence-electron chi connectivity index (χ2n) is 7.40. The number of aryl methyl sites for hydroxylation is 1. The van der Waals surface area contributed by atoms with Crippen molar-refractivity contribution in [1.29, 1.82) is 0 Å². The molecule has 2 amide bonds. The molecule has 1 aromatic rings. The van der Waals surface area contributed by atoms with E-state index in [1.165, 1.54) is 11.1 Å². The molecular formula is C21H30N2O4. The molecule has 6 nitrogen and oxygen atoms in total. The number of rotatable bonds is 5. The smallest absolute Gasteiger partial charge is 0.257 e. The molecule has 0 N–H and O–H groups in total. The lowest BCUT2D eigenvalue weighted by Crippen LogP contribution is -2.57. The number of piperazine rings is 1. The molecule has 1 heterocycles. The Balaban J connectivity index is 1.74. The molecule has 0 bridgehead atoms. The number of nitrogens with zero attached hydrogens (tertiary/aromatic N) is 2. The topological polar surface area (TPSA) is 59.1 Å². The first-order chi connectivity index (χ1) is 13.0. The van der Waals surface area contributed by atoms with Crippen LogP contribution in [0.1, 0.15) is 48.2 Å². The predicted octanol–water partition coefficient (Wildman–Crippen LogP) is 2.28. The molecule has 1 aliphatic carbocycles. The molecule has 0 saturated carbocycles. The van der Waals surface area contributed by atoms with E-state index in [-0.39, 0.29) is 17.9 Å². The Labute approximate surface area is 161 Å². The Morgan fingerprint density at radius 3 is 2.63 bits per heavy atom. The summed E-state index contributed by atoms with van der Waals surface area (Å²) in [5.41, 5.74) is 3.10. The normalized spacial score (nSPS) is 20.4. The summed E-state index contributed by atoms with van der Waals surface area (Å²) < 4.78 is 10.9. The van der Waals surface area contributed by atoms with E-state index in [4.69, 9.17) is 9.47 Å². The third-order valence-electron chi connectivity index (χ3n) is 5.79. The van der Waals surface area contributed by atoms with E-state index < -0.39 is 6.10 Å². The molecule has 148 valence electrons. The van der Waals surface area contributed by atoms with Gasteiger partial charge in [-0.1, -0.05) is 13.0 Å². The fourth-order valence-electron chi connectivity index (χ4n) is 4.30. The first kappa shape index (κ1) is 19.7. The number of hydrogen-bond acceptors (Lipinski definition) is 4. The van der Waals surface area contributed by atoms with Gasteiger partial charge in [-0.15, -0.1) is 0 Å². The van der Waals surface area contributed by atoms with E-state index in [0.29, 0.717) is 31.6 Å². The number of fused-ring (bicyclic) bond motifs is 1. The molecule has 1 fully saturated rings. The van der Waals surface area contributed by atoms with Crippen LogP contribution in [0.5, 0.6) is 5.75 Å². The number of ether oxygens (including phenoxy) is 2. The van der Waals surface area contributed by atoms with Gasteiger partial charge in [0.1, 0.15) is 11.9 Å². The van der Waals surface area contributed by atoms with Crippen LogP contribution in [-0.4, -0.2) is 67.6 Å². The van der Waals surface area contributed by atoms with Crippen LogP contribution >= 0.6 is 0 Å². The lowest BCUT2D eigenvalue weighted by Gasteiger charge is -2.41. The van der Waals surface area contributed by atoms with Gasteiger partial charge in [0.25, 0.3) is 11.8 Å². The predicted molar refractivity (Wildman–Crippen MR) is 103 cm³/mol. The molecule has 6 heteroatoms. The Hall–Kier alpha value is -2.08. The van der Waals surface area contributed by atoms with E-state index in [2.05, 4.69) is 6.07 Å². The molecule has 0 radical (unpaired) electrons. The number of benzene rings is 1. The molecule has 0 aromatic heterocycles. The summed E-state index contributed by atoms with van der Waals surface area (Å²) >= 11 is 0. The van der Waals surface area contributed by atoms with Crippen molar-refractivity contribution in [1.82, 2.24) is 9.80 Å². The van der Waals surface area contributed by atoms with Gasteiger partial charge in [0.2, 0.25) is 0 Å². The standard InChI is InChI=1S/C21H30N2O4/c1-5-18(26-3)21(25)23-12-11-22(13-14(23)2)20(24)17-10-9-15-7-6-8-16(15)19(17)27-4/h9-10,14,18H,5-8,11-13H2,1-4H3/t14-,18?/m1/s1. The van der Waals surface area contributed by atoms with Crippen LogP contribution in [0, 0.1) is 0 Å². The van der Waals surface area contributed by atoms with E-state index >= 15 is 0 Å². The van der Waals surface area contributed by atoms with Crippen molar-refractivity contribution < 1.29 is 19.1 Å². The van der Waals surface area contributed by atoms with Gasteiger partial charge in [0, 0.05) is 32.8 Å². The zero-order chi connectivity index (χ0) is 19.6. The first-order valence-corrected chi connectivity index (χ1v) is 9.83. The molecule has 1 aliphatic heterocycles. The summed E-state index contributed by atoms with van der Waals surface area (Å²) in [4.78, 5) is 29.5. The summed E-state index contributed by atoms with van der Waals surface area (Å²) in [7, 11) is 3.20. The van der Waals surface area contributed by atoms with E-state index in [9.17, 15) is 9.59 Å². The lowest BCUT2D eigenvalue weighted by molar-refractivity contribution is -0.146. The highest BCUT2D eigenvalue weighted by Gasteiger charge is 2.34. The Morgan fingerprint density at radius 1 is 1.22 bits per heavy atom. The van der Waals surface area contributed by atoms with E-state index in [1.807, 2.05) is 29.7 Å². The molecule has 1 saturated heterocycles. The maximum absolute atomic E-state index is 13.2. The van der Waals surface area contributed by atoms with Crippen LogP contribution in [-0.2, 0) is 22.4 Å². The number of amides is 2. The molecule has 3 rings (SSSR count). The highest BCUT2D eigenvalue weighted by molar-refractivity contribution is 5.98. The van der Waals surface area contributed by atoms with Crippen LogP contribution in [0.4, 0.5) is 0 Å². The van der Waals surface area contributed by atoms with Crippen LogP contribution in [0.2, 0.25) is 0 Å². The number of carbonyl (C=O) groups is 2. The van der Waals surface area contributed by atoms with Gasteiger partial charge >= 0.3 is 0 Å². The highest BCUT2D eigenvalue weighted by Crippen LogP contribution is 2.34. The zero-order valence-corrected chi connectivity index (χ0v) is 16.8. The maximum Gasteiger partial charge on any atom is 0.257 e. The Kier molecular flexibility index (Phi) is 6.05. The third kappa shape index (κ3) is 3.68. The highest BCUT2D eigenvalue weighted by atomic mass is 16.5. The van der Waals surface area contributed by atoms with Crippen LogP contribution in [0.3, 0.4) is 0 Å². The minimum Gasteiger partial charge on any atom is -0.496 e. The summed E-state index contributed by atoms with van der Waals surface area (Å²) in [6, 6.07) is 3.91. The molecule has 1 unspecified atom stereocenters. The van der Waals surface area contributed by atoms with Crippen molar-refractivity contribution in [2.75, 3.05) is 33.9 Å². The minimum absolute atomic E-state index is 0.00899. The summed E-state index contributed by atoms with van der Waals surface area (Å²) in [5.74, 6) is 0.723. The van der Waals surface area contributed by atoms with Crippen molar-refractivity contribution in [3.63, 3.8) is 0 Å². The fourth-order valence-corrected chi connectivity index (χ4v) is 4.30. The van der Waals surface area contributed by atoms with Gasteiger partial charge < -0.3 is 19.3 Å². The minimum atomic E-state index is -0.411. The monoisotopic (exact) mass is 374 g/mol. The maximum atomic E-state index is 13.2. The van der Waals surface area contributed by atoms with Crippen LogP contribution in [0.25, 0.3) is 0 Å². The number of carbonyl (C=O) groups excluding carboxylic acids is 2. The SMILES string of the molecule is CCC(OC)C(=O)N1CCN(C(=O)c2ccc3c(c2OC)CCC3)C[C@H]1C. The molecule has 1 aromatic carbocycles. The molecule has 27 heavy (non-hydrogen) atoms. The Morgan fingerprint density at radius 2 is 2.00 bits per heavy atom. The van der Waals surface area contributed by atoms with Crippen molar-refractivity contribution in [2.24, 2.45) is 0 Å². The molecule has 0 spiro atoms. The zero-order valence-electron chi connectivity index (χ0n) is 16.8. The van der Waals surface area contributed by atoms with Crippen molar-refractivity contribution in [3.8, 4) is 5.75 Å². The molecule has 2 atom stereocenters. The summed E-state index contributed by atoms with van der Waals surface area (Å²) in [5, 5.41) is 0. The average Bonchev–Trinajstić information content (AvgIpc) is 3.16. The van der Waals surface area contributed by atoms with Gasteiger partial charge in [-0.25, -0.2) is 0 Å². The summed E-state index contributed by atoms with van der Waals surface area (Å²) in [6.45, 7) is 5.50. The van der Waals surface area contributed by atoms with Crippen molar-refractivity contribution >= 4 is 11.8 Å². The van der Waals surface area contributed by atoms with Crippen LogP contribution < -0.4 is 4.74 Å². The van der Waals surface area contributed by atoms with Crippen LogP contribution in [0.15, 0.2) is 12.1 Å². The summed E-state index contributed by atoms with van der Waals surface area (Å²) in [6.07, 6.45) is 3.36. The average molecular weight is 374 g/mol. The Bertz CT molecular complexity index is 714.